The molecular formula is C17H26N2O3. The van der Waals surface area contributed by atoms with Crippen LogP contribution < -0.4 is 19.5 Å². The average Bonchev–Trinajstić information content (AvgIpc) is 3.01. The molecule has 0 radical (unpaired) electrons. The lowest BCUT2D eigenvalue weighted by atomic mass is 9.93. The standard InChI is InChI=1S/C17H26N2O3/c1-20-15-8-12(9-16(21-2)17(15)22-3)10-19-7-5-14-13(11-19)4-6-18-14/h8-9,13-14,18H,4-7,10-11H2,1-3H3. The Hall–Kier alpha value is -1.46. The Morgan fingerprint density at radius 2 is 1.82 bits per heavy atom. The minimum atomic E-state index is 0.660. The van der Waals surface area contributed by atoms with E-state index in [-0.39, 0.29) is 0 Å². The molecule has 5 heteroatoms. The quantitative estimate of drug-likeness (QED) is 0.900. The number of piperidine rings is 1. The lowest BCUT2D eigenvalue weighted by Gasteiger charge is -2.35. The highest BCUT2D eigenvalue weighted by molar-refractivity contribution is 5.53. The summed E-state index contributed by atoms with van der Waals surface area (Å²) in [5, 5.41) is 3.61. The van der Waals surface area contributed by atoms with Crippen molar-refractivity contribution in [2.24, 2.45) is 5.92 Å². The van der Waals surface area contributed by atoms with Crippen molar-refractivity contribution in [3.8, 4) is 17.2 Å². The maximum Gasteiger partial charge on any atom is 0.203 e. The highest BCUT2D eigenvalue weighted by atomic mass is 16.5. The summed E-state index contributed by atoms with van der Waals surface area (Å²) in [5.74, 6) is 2.92. The van der Waals surface area contributed by atoms with Gasteiger partial charge in [0.25, 0.3) is 0 Å². The maximum atomic E-state index is 5.44. The molecule has 1 aromatic rings. The highest BCUT2D eigenvalue weighted by Crippen LogP contribution is 2.38. The van der Waals surface area contributed by atoms with Crippen LogP contribution in [-0.4, -0.2) is 51.9 Å². The van der Waals surface area contributed by atoms with E-state index in [0.29, 0.717) is 5.75 Å². The van der Waals surface area contributed by atoms with Crippen molar-refractivity contribution < 1.29 is 14.2 Å². The van der Waals surface area contributed by atoms with Gasteiger partial charge in [0.1, 0.15) is 0 Å². The molecular weight excluding hydrogens is 280 g/mol. The Morgan fingerprint density at radius 1 is 1.09 bits per heavy atom. The number of benzene rings is 1. The number of likely N-dealkylation sites (tertiary alicyclic amines) is 1. The van der Waals surface area contributed by atoms with Crippen molar-refractivity contribution in [1.29, 1.82) is 0 Å². The Balaban J connectivity index is 1.74. The third-order valence-electron chi connectivity index (χ3n) is 4.87. The van der Waals surface area contributed by atoms with Crippen molar-refractivity contribution in [1.82, 2.24) is 10.2 Å². The van der Waals surface area contributed by atoms with Crippen LogP contribution >= 0.6 is 0 Å². The van der Waals surface area contributed by atoms with E-state index in [0.717, 1.165) is 36.5 Å². The zero-order chi connectivity index (χ0) is 15.5. The molecule has 0 spiro atoms. The summed E-state index contributed by atoms with van der Waals surface area (Å²) in [7, 11) is 4.96. The molecule has 0 saturated carbocycles. The topological polar surface area (TPSA) is 43.0 Å². The van der Waals surface area contributed by atoms with E-state index >= 15 is 0 Å². The summed E-state index contributed by atoms with van der Waals surface area (Å²) in [5.41, 5.74) is 1.21. The van der Waals surface area contributed by atoms with Gasteiger partial charge in [0, 0.05) is 19.1 Å². The van der Waals surface area contributed by atoms with E-state index in [2.05, 4.69) is 22.3 Å². The van der Waals surface area contributed by atoms with Crippen molar-refractivity contribution in [3.63, 3.8) is 0 Å². The molecule has 2 atom stereocenters. The van der Waals surface area contributed by atoms with Crippen molar-refractivity contribution in [3.05, 3.63) is 17.7 Å². The summed E-state index contributed by atoms with van der Waals surface area (Å²) < 4.78 is 16.3. The normalized spacial score (nSPS) is 24.9. The number of methoxy groups -OCH3 is 3. The van der Waals surface area contributed by atoms with Crippen LogP contribution in [0.15, 0.2) is 12.1 Å². The first kappa shape index (κ1) is 15.4. The molecule has 2 heterocycles. The molecule has 22 heavy (non-hydrogen) atoms. The molecule has 3 rings (SSSR count). The highest BCUT2D eigenvalue weighted by Gasteiger charge is 2.32. The fourth-order valence-corrected chi connectivity index (χ4v) is 3.75. The monoisotopic (exact) mass is 306 g/mol. The van der Waals surface area contributed by atoms with Crippen LogP contribution in [0.25, 0.3) is 0 Å². The lowest BCUT2D eigenvalue weighted by Crippen LogP contribution is -2.43. The van der Waals surface area contributed by atoms with Crippen LogP contribution in [0.3, 0.4) is 0 Å². The maximum absolute atomic E-state index is 5.44. The zero-order valence-corrected chi connectivity index (χ0v) is 13.7. The van der Waals surface area contributed by atoms with Crippen molar-refractivity contribution in [2.45, 2.75) is 25.4 Å². The molecule has 1 N–H and O–H groups in total. The van der Waals surface area contributed by atoms with Gasteiger partial charge >= 0.3 is 0 Å². The van der Waals surface area contributed by atoms with Gasteiger partial charge < -0.3 is 19.5 Å². The minimum Gasteiger partial charge on any atom is -0.493 e. The first-order valence-electron chi connectivity index (χ1n) is 7.99. The number of hydrogen-bond donors (Lipinski definition) is 1. The molecule has 1 aromatic carbocycles. The minimum absolute atomic E-state index is 0.660. The summed E-state index contributed by atoms with van der Waals surface area (Å²) in [6.45, 7) is 4.42. The van der Waals surface area contributed by atoms with Gasteiger partial charge in [-0.2, -0.15) is 0 Å². The van der Waals surface area contributed by atoms with E-state index in [1.165, 1.54) is 31.5 Å². The van der Waals surface area contributed by atoms with Crippen LogP contribution in [-0.2, 0) is 6.54 Å². The van der Waals surface area contributed by atoms with Crippen molar-refractivity contribution >= 4 is 0 Å². The van der Waals surface area contributed by atoms with Crippen LogP contribution in [0.4, 0.5) is 0 Å². The number of ether oxygens (including phenoxy) is 3. The largest absolute Gasteiger partial charge is 0.493 e. The summed E-state index contributed by atoms with van der Waals surface area (Å²) in [4.78, 5) is 2.54. The molecule has 0 bridgehead atoms. The van der Waals surface area contributed by atoms with Crippen LogP contribution in [0.5, 0.6) is 17.2 Å². The second-order valence-corrected chi connectivity index (χ2v) is 6.17. The van der Waals surface area contributed by atoms with Gasteiger partial charge in [-0.1, -0.05) is 0 Å². The third-order valence-corrected chi connectivity index (χ3v) is 4.87. The lowest BCUT2D eigenvalue weighted by molar-refractivity contribution is 0.155. The Bertz CT molecular complexity index is 496. The second-order valence-electron chi connectivity index (χ2n) is 6.17. The molecule has 0 amide bonds. The van der Waals surface area contributed by atoms with Crippen LogP contribution in [0.2, 0.25) is 0 Å². The van der Waals surface area contributed by atoms with Crippen molar-refractivity contribution in [2.75, 3.05) is 41.0 Å². The number of fused-ring (bicyclic) bond motifs is 1. The Labute approximate surface area is 132 Å². The number of nitrogens with zero attached hydrogens (tertiary/aromatic N) is 1. The molecule has 2 aliphatic heterocycles. The third kappa shape index (κ3) is 3.01. The van der Waals surface area contributed by atoms with Crippen LogP contribution in [0, 0.1) is 5.92 Å². The van der Waals surface area contributed by atoms with E-state index in [4.69, 9.17) is 14.2 Å². The summed E-state index contributed by atoms with van der Waals surface area (Å²) >= 11 is 0. The first-order chi connectivity index (χ1) is 10.7. The molecule has 2 unspecified atom stereocenters. The summed E-state index contributed by atoms with van der Waals surface area (Å²) in [6.07, 6.45) is 2.55. The Morgan fingerprint density at radius 3 is 2.45 bits per heavy atom. The molecule has 2 saturated heterocycles. The first-order valence-corrected chi connectivity index (χ1v) is 7.99. The van der Waals surface area contributed by atoms with Gasteiger partial charge in [-0.05, 0) is 49.5 Å². The van der Waals surface area contributed by atoms with E-state index in [1.807, 2.05) is 0 Å². The fraction of sp³-hybridized carbons (Fsp3) is 0.647. The second kappa shape index (κ2) is 6.75. The predicted molar refractivity (Wildman–Crippen MR) is 85.9 cm³/mol. The smallest absolute Gasteiger partial charge is 0.203 e. The number of rotatable bonds is 5. The molecule has 122 valence electrons. The van der Waals surface area contributed by atoms with Crippen LogP contribution in [0.1, 0.15) is 18.4 Å². The average molecular weight is 306 g/mol. The van der Waals surface area contributed by atoms with Gasteiger partial charge in [0.05, 0.1) is 21.3 Å². The molecule has 2 fully saturated rings. The fourth-order valence-electron chi connectivity index (χ4n) is 3.75. The van der Waals surface area contributed by atoms with Gasteiger partial charge in [0.2, 0.25) is 5.75 Å². The molecule has 5 nitrogen and oxygen atoms in total. The number of nitrogens with one attached hydrogen (secondary N) is 1. The zero-order valence-electron chi connectivity index (χ0n) is 13.7. The van der Waals surface area contributed by atoms with Gasteiger partial charge in [-0.25, -0.2) is 0 Å². The predicted octanol–water partition coefficient (Wildman–Crippen LogP) is 1.90. The van der Waals surface area contributed by atoms with E-state index in [1.54, 1.807) is 21.3 Å². The molecule has 0 aromatic heterocycles. The van der Waals surface area contributed by atoms with E-state index < -0.39 is 0 Å². The van der Waals surface area contributed by atoms with E-state index in [9.17, 15) is 0 Å². The van der Waals surface area contributed by atoms with Gasteiger partial charge in [-0.3, -0.25) is 4.90 Å². The molecule has 0 aliphatic carbocycles. The SMILES string of the molecule is COc1cc(CN2CCC3NCCC3C2)cc(OC)c1OC. The van der Waals surface area contributed by atoms with Gasteiger partial charge in [-0.15, -0.1) is 0 Å². The Kier molecular flexibility index (Phi) is 4.74. The number of hydrogen-bond acceptors (Lipinski definition) is 5. The summed E-state index contributed by atoms with van der Waals surface area (Å²) in [6, 6.07) is 4.84. The van der Waals surface area contributed by atoms with Gasteiger partial charge in [0.15, 0.2) is 11.5 Å². The molecule has 2 aliphatic rings.